The summed E-state index contributed by atoms with van der Waals surface area (Å²) in [5.74, 6) is 0. The summed E-state index contributed by atoms with van der Waals surface area (Å²) in [5.41, 5.74) is 0. The first kappa shape index (κ1) is 16.6. The molecule has 1 rings (SSSR count). The minimum Gasteiger partial charge on any atom is -0.207 e. The van der Waals surface area contributed by atoms with E-state index in [4.69, 9.17) is 5.26 Å². The van der Waals surface area contributed by atoms with Crippen molar-refractivity contribution in [1.82, 2.24) is 4.31 Å². The van der Waals surface area contributed by atoms with Gasteiger partial charge in [-0.15, -0.1) is 0 Å². The van der Waals surface area contributed by atoms with E-state index in [1.807, 2.05) is 6.07 Å². The Bertz CT molecular complexity index is 594. The van der Waals surface area contributed by atoms with Crippen molar-refractivity contribution >= 4 is 41.9 Å². The molecule has 0 bridgehead atoms. The lowest BCUT2D eigenvalue weighted by atomic mass is 10.3. The topological polar surface area (TPSA) is 61.2 Å². The van der Waals surface area contributed by atoms with Gasteiger partial charge < -0.3 is 0 Å². The van der Waals surface area contributed by atoms with Gasteiger partial charge in [-0.3, -0.25) is 0 Å². The maximum atomic E-state index is 12.6. The van der Waals surface area contributed by atoms with E-state index in [0.717, 1.165) is 0 Å². The molecule has 0 spiro atoms. The average molecular weight is 410 g/mol. The average Bonchev–Trinajstić information content (AvgIpc) is 2.32. The Labute approximate surface area is 130 Å². The monoisotopic (exact) mass is 408 g/mol. The molecule has 0 unspecified atom stereocenters. The molecule has 0 N–H and O–H groups in total. The summed E-state index contributed by atoms with van der Waals surface area (Å²) in [4.78, 5) is 0.202. The molecular weight excluding hydrogens is 396 g/mol. The minimum absolute atomic E-state index is 0.170. The smallest absolute Gasteiger partial charge is 0.207 e. The molecule has 0 atom stereocenters. The van der Waals surface area contributed by atoms with Crippen LogP contribution >= 0.6 is 31.9 Å². The summed E-state index contributed by atoms with van der Waals surface area (Å²) in [6, 6.07) is 6.77. The largest absolute Gasteiger partial charge is 0.244 e. The van der Waals surface area contributed by atoms with E-state index in [2.05, 4.69) is 31.9 Å². The lowest BCUT2D eigenvalue weighted by molar-refractivity contribution is 0.360. The third-order valence-corrected chi connectivity index (χ3v) is 6.06. The maximum absolute atomic E-state index is 12.6. The van der Waals surface area contributed by atoms with E-state index in [9.17, 15) is 8.42 Å². The van der Waals surface area contributed by atoms with Crippen LogP contribution in [0, 0.1) is 11.3 Å². The predicted molar refractivity (Wildman–Crippen MR) is 81.1 cm³/mol. The summed E-state index contributed by atoms with van der Waals surface area (Å²) in [5, 5.41) is 8.64. The second-order valence-electron chi connectivity index (χ2n) is 4.19. The zero-order valence-electron chi connectivity index (χ0n) is 10.6. The van der Waals surface area contributed by atoms with Gasteiger partial charge in [0.05, 0.1) is 11.0 Å². The second-order valence-corrected chi connectivity index (χ2v) is 7.82. The number of rotatable bonds is 5. The number of nitriles is 1. The fraction of sp³-hybridized carbons (Fsp3) is 0.417. The lowest BCUT2D eigenvalue weighted by Gasteiger charge is -2.25. The van der Waals surface area contributed by atoms with Gasteiger partial charge in [-0.25, -0.2) is 8.42 Å². The second kappa shape index (κ2) is 6.84. The molecule has 19 heavy (non-hydrogen) atoms. The molecule has 0 saturated heterocycles. The molecular formula is C12H14Br2N2O2S. The van der Waals surface area contributed by atoms with Crippen LogP contribution in [0.3, 0.4) is 0 Å². The molecule has 0 aromatic heterocycles. The third kappa shape index (κ3) is 4.02. The fourth-order valence-electron chi connectivity index (χ4n) is 1.62. The van der Waals surface area contributed by atoms with E-state index in [-0.39, 0.29) is 23.9 Å². The van der Waals surface area contributed by atoms with Gasteiger partial charge in [0.15, 0.2) is 0 Å². The number of hydrogen-bond acceptors (Lipinski definition) is 3. The molecule has 104 valence electrons. The molecule has 1 aromatic carbocycles. The molecule has 0 saturated carbocycles. The molecule has 0 radical (unpaired) electrons. The van der Waals surface area contributed by atoms with Crippen molar-refractivity contribution in [2.24, 2.45) is 0 Å². The molecule has 0 aliphatic carbocycles. The predicted octanol–water partition coefficient (Wildman–Crippen LogP) is 3.52. The normalized spacial score (nSPS) is 11.8. The quantitative estimate of drug-likeness (QED) is 0.747. The minimum atomic E-state index is -3.62. The Morgan fingerprint density at radius 2 is 2.00 bits per heavy atom. The van der Waals surface area contributed by atoms with Crippen LogP contribution < -0.4 is 0 Å². The van der Waals surface area contributed by atoms with Gasteiger partial charge in [-0.2, -0.15) is 9.57 Å². The van der Waals surface area contributed by atoms with Crippen LogP contribution in [0.2, 0.25) is 0 Å². The highest BCUT2D eigenvalue weighted by Crippen LogP contribution is 2.29. The van der Waals surface area contributed by atoms with Gasteiger partial charge in [0.1, 0.15) is 0 Å². The lowest BCUT2D eigenvalue weighted by Crippen LogP contribution is -2.37. The molecule has 1 aromatic rings. The first-order valence-corrected chi connectivity index (χ1v) is 8.67. The van der Waals surface area contributed by atoms with Crippen LogP contribution in [-0.2, 0) is 10.0 Å². The van der Waals surface area contributed by atoms with E-state index in [1.54, 1.807) is 32.0 Å². The van der Waals surface area contributed by atoms with Crippen LogP contribution in [0.4, 0.5) is 0 Å². The Morgan fingerprint density at radius 1 is 1.37 bits per heavy atom. The highest BCUT2D eigenvalue weighted by molar-refractivity contribution is 9.11. The number of hydrogen-bond donors (Lipinski definition) is 0. The molecule has 0 aliphatic rings. The molecule has 4 nitrogen and oxygen atoms in total. The van der Waals surface area contributed by atoms with Crippen molar-refractivity contribution in [3.8, 4) is 6.07 Å². The van der Waals surface area contributed by atoms with Crippen molar-refractivity contribution in [3.05, 3.63) is 27.1 Å². The Balaban J connectivity index is 3.27. The van der Waals surface area contributed by atoms with Gasteiger partial charge in [-0.05, 0) is 48.0 Å². The van der Waals surface area contributed by atoms with E-state index in [1.165, 1.54) is 4.31 Å². The highest BCUT2D eigenvalue weighted by atomic mass is 79.9. The summed E-state index contributed by atoms with van der Waals surface area (Å²) in [7, 11) is -3.62. The summed E-state index contributed by atoms with van der Waals surface area (Å²) >= 11 is 6.53. The number of halogens is 2. The van der Waals surface area contributed by atoms with Crippen molar-refractivity contribution in [1.29, 1.82) is 5.26 Å². The fourth-order valence-corrected chi connectivity index (χ4v) is 4.72. The van der Waals surface area contributed by atoms with Gasteiger partial charge in [0, 0.05) is 28.0 Å². The number of benzene rings is 1. The van der Waals surface area contributed by atoms with Gasteiger partial charge >= 0.3 is 0 Å². The zero-order valence-corrected chi connectivity index (χ0v) is 14.6. The summed E-state index contributed by atoms with van der Waals surface area (Å²) in [6.45, 7) is 3.77. The van der Waals surface area contributed by atoms with Crippen LogP contribution in [-0.4, -0.2) is 25.3 Å². The van der Waals surface area contributed by atoms with Crippen molar-refractivity contribution in [3.63, 3.8) is 0 Å². The zero-order chi connectivity index (χ0) is 14.6. The Hall–Kier alpha value is -0.420. The van der Waals surface area contributed by atoms with Crippen molar-refractivity contribution in [2.75, 3.05) is 6.54 Å². The summed E-state index contributed by atoms with van der Waals surface area (Å²) in [6.07, 6.45) is 0.170. The standard InChI is InChI=1S/C12H14Br2N2O2S/c1-9(2)16(7-3-6-15)19(17,18)12-8-10(13)4-5-11(12)14/h4-5,8-9H,3,7H2,1-2H3. The Kier molecular flexibility index (Phi) is 5.99. The van der Waals surface area contributed by atoms with Crippen LogP contribution in [0.15, 0.2) is 32.0 Å². The van der Waals surface area contributed by atoms with Crippen molar-refractivity contribution < 1.29 is 8.42 Å². The molecule has 0 heterocycles. The van der Waals surface area contributed by atoms with Gasteiger partial charge in [0.2, 0.25) is 10.0 Å². The number of sulfonamides is 1. The first-order chi connectivity index (χ1) is 8.80. The molecule has 7 heteroatoms. The van der Waals surface area contributed by atoms with Crippen LogP contribution in [0.1, 0.15) is 20.3 Å². The summed E-state index contributed by atoms with van der Waals surface area (Å²) < 4.78 is 27.8. The van der Waals surface area contributed by atoms with Gasteiger partial charge in [-0.1, -0.05) is 15.9 Å². The molecule has 0 fully saturated rings. The van der Waals surface area contributed by atoms with Gasteiger partial charge in [0.25, 0.3) is 0 Å². The molecule has 0 aliphatic heterocycles. The molecule has 0 amide bonds. The van der Waals surface area contributed by atoms with Crippen LogP contribution in [0.25, 0.3) is 0 Å². The van der Waals surface area contributed by atoms with E-state index in [0.29, 0.717) is 8.95 Å². The maximum Gasteiger partial charge on any atom is 0.244 e. The van der Waals surface area contributed by atoms with E-state index < -0.39 is 10.0 Å². The third-order valence-electron chi connectivity index (χ3n) is 2.50. The van der Waals surface area contributed by atoms with Crippen molar-refractivity contribution in [2.45, 2.75) is 31.2 Å². The number of nitrogens with zero attached hydrogens (tertiary/aromatic N) is 2. The van der Waals surface area contributed by atoms with Crippen LogP contribution in [0.5, 0.6) is 0 Å². The SMILES string of the molecule is CC(C)N(CCC#N)S(=O)(=O)c1cc(Br)ccc1Br. The van der Waals surface area contributed by atoms with E-state index >= 15 is 0 Å². The first-order valence-electron chi connectivity index (χ1n) is 5.64. The Morgan fingerprint density at radius 3 is 2.53 bits per heavy atom. The highest BCUT2D eigenvalue weighted by Gasteiger charge is 2.28.